The second-order valence-electron chi connectivity index (χ2n) is 6.92. The van der Waals surface area contributed by atoms with Crippen molar-refractivity contribution in [3.8, 4) is 22.8 Å². The molecule has 0 bridgehead atoms. The molecule has 4 heteroatoms. The summed E-state index contributed by atoms with van der Waals surface area (Å²) < 4.78 is 5.98. The normalized spacial score (nSPS) is 10.8. The number of anilines is 1. The first-order valence-corrected chi connectivity index (χ1v) is 9.69. The van der Waals surface area contributed by atoms with E-state index in [4.69, 9.17) is 4.42 Å². The minimum absolute atomic E-state index is 0.207. The molecule has 0 aliphatic rings. The van der Waals surface area contributed by atoms with Gasteiger partial charge in [-0.2, -0.15) is 0 Å². The second kappa shape index (κ2) is 7.68. The molecule has 1 heterocycles. The van der Waals surface area contributed by atoms with Gasteiger partial charge in [0, 0.05) is 22.2 Å². The van der Waals surface area contributed by atoms with Gasteiger partial charge in [0.25, 0.3) is 5.91 Å². The average molecular weight is 390 g/mol. The summed E-state index contributed by atoms with van der Waals surface area (Å²) >= 11 is 0. The van der Waals surface area contributed by atoms with E-state index < -0.39 is 0 Å². The molecule has 144 valence electrons. The number of rotatable bonds is 4. The van der Waals surface area contributed by atoms with Gasteiger partial charge >= 0.3 is 0 Å². The van der Waals surface area contributed by atoms with Crippen molar-refractivity contribution in [1.29, 1.82) is 0 Å². The fourth-order valence-corrected chi connectivity index (χ4v) is 3.53. The first-order valence-electron chi connectivity index (χ1n) is 9.69. The Balaban J connectivity index is 1.49. The van der Waals surface area contributed by atoms with Crippen molar-refractivity contribution in [3.63, 3.8) is 0 Å². The van der Waals surface area contributed by atoms with Crippen molar-refractivity contribution in [1.82, 2.24) is 4.98 Å². The molecule has 0 unspecified atom stereocenters. The highest BCUT2D eigenvalue weighted by Crippen LogP contribution is 2.29. The second-order valence-corrected chi connectivity index (χ2v) is 6.92. The summed E-state index contributed by atoms with van der Waals surface area (Å²) in [6, 6.07) is 30.9. The summed E-state index contributed by atoms with van der Waals surface area (Å²) in [6.07, 6.45) is 1.68. The lowest BCUT2D eigenvalue weighted by Crippen LogP contribution is -2.13. The highest BCUT2D eigenvalue weighted by molar-refractivity contribution is 6.11. The molecule has 1 amide bonds. The van der Waals surface area contributed by atoms with Crippen LogP contribution in [-0.2, 0) is 0 Å². The van der Waals surface area contributed by atoms with Crippen LogP contribution in [-0.4, -0.2) is 10.9 Å². The largest absolute Gasteiger partial charge is 0.436 e. The van der Waals surface area contributed by atoms with Gasteiger partial charge in [-0.3, -0.25) is 4.79 Å². The Morgan fingerprint density at radius 1 is 0.767 bits per heavy atom. The van der Waals surface area contributed by atoms with Crippen molar-refractivity contribution in [2.24, 2.45) is 0 Å². The number of carbonyl (C=O) groups is 1. The molecule has 0 aliphatic heterocycles. The van der Waals surface area contributed by atoms with E-state index in [0.717, 1.165) is 22.0 Å². The quantitative estimate of drug-likeness (QED) is 0.385. The van der Waals surface area contributed by atoms with Crippen LogP contribution in [0, 0.1) is 0 Å². The number of benzene rings is 4. The minimum atomic E-state index is -0.207. The first-order chi connectivity index (χ1) is 14.8. The van der Waals surface area contributed by atoms with E-state index in [1.165, 1.54) is 0 Å². The third-order valence-electron chi connectivity index (χ3n) is 5.00. The maximum absolute atomic E-state index is 13.1. The van der Waals surface area contributed by atoms with Gasteiger partial charge in [-0.25, -0.2) is 4.98 Å². The van der Waals surface area contributed by atoms with Crippen LogP contribution in [0.2, 0.25) is 0 Å². The van der Waals surface area contributed by atoms with E-state index >= 15 is 0 Å². The van der Waals surface area contributed by atoms with E-state index in [-0.39, 0.29) is 5.91 Å². The van der Waals surface area contributed by atoms with Crippen molar-refractivity contribution >= 4 is 22.4 Å². The van der Waals surface area contributed by atoms with Crippen LogP contribution < -0.4 is 5.32 Å². The van der Waals surface area contributed by atoms with Crippen molar-refractivity contribution in [2.75, 3.05) is 5.32 Å². The number of hydrogen-bond acceptors (Lipinski definition) is 3. The van der Waals surface area contributed by atoms with Crippen molar-refractivity contribution in [2.45, 2.75) is 0 Å². The van der Waals surface area contributed by atoms with Crippen LogP contribution in [0.3, 0.4) is 0 Å². The Labute approximate surface area is 173 Å². The van der Waals surface area contributed by atoms with Crippen LogP contribution in [0.5, 0.6) is 0 Å². The monoisotopic (exact) mass is 390 g/mol. The van der Waals surface area contributed by atoms with Crippen molar-refractivity contribution < 1.29 is 9.21 Å². The van der Waals surface area contributed by atoms with Crippen molar-refractivity contribution in [3.05, 3.63) is 109 Å². The van der Waals surface area contributed by atoms with Crippen LogP contribution in [0.4, 0.5) is 5.69 Å². The molecule has 4 nitrogen and oxygen atoms in total. The molecular weight excluding hydrogens is 372 g/mol. The fraction of sp³-hybridized carbons (Fsp3) is 0. The number of amides is 1. The van der Waals surface area contributed by atoms with E-state index in [2.05, 4.69) is 10.3 Å². The van der Waals surface area contributed by atoms with Gasteiger partial charge in [-0.15, -0.1) is 0 Å². The summed E-state index contributed by atoms with van der Waals surface area (Å²) in [6.45, 7) is 0. The number of aromatic nitrogens is 1. The van der Waals surface area contributed by atoms with Gasteiger partial charge < -0.3 is 9.73 Å². The zero-order chi connectivity index (χ0) is 20.3. The lowest BCUT2D eigenvalue weighted by Gasteiger charge is -2.10. The zero-order valence-electron chi connectivity index (χ0n) is 16.1. The van der Waals surface area contributed by atoms with E-state index in [1.807, 2.05) is 91.0 Å². The lowest BCUT2D eigenvalue weighted by molar-refractivity contribution is 0.102. The third-order valence-corrected chi connectivity index (χ3v) is 5.00. The van der Waals surface area contributed by atoms with Gasteiger partial charge in [-0.1, -0.05) is 78.9 Å². The molecule has 0 fully saturated rings. The fourth-order valence-electron chi connectivity index (χ4n) is 3.53. The highest BCUT2D eigenvalue weighted by atomic mass is 16.4. The zero-order valence-corrected chi connectivity index (χ0v) is 16.1. The standard InChI is InChI=1S/C26H18N2O2/c29-25(28-23-16-8-12-18-9-4-5-13-20(18)23)21-14-6-7-15-22(21)26-27-17-24(30-26)19-10-2-1-3-11-19/h1-17H,(H,28,29). The number of nitrogens with one attached hydrogen (secondary N) is 1. The SMILES string of the molecule is O=C(Nc1cccc2ccccc12)c1ccccc1-c1ncc(-c2ccccc2)o1. The van der Waals surface area contributed by atoms with Crippen LogP contribution in [0.15, 0.2) is 108 Å². The minimum Gasteiger partial charge on any atom is -0.436 e. The summed E-state index contributed by atoms with van der Waals surface area (Å²) in [5.74, 6) is 0.869. The molecule has 5 rings (SSSR count). The van der Waals surface area contributed by atoms with Gasteiger partial charge in [-0.05, 0) is 23.6 Å². The summed E-state index contributed by atoms with van der Waals surface area (Å²) in [5, 5.41) is 5.11. The Morgan fingerprint density at radius 2 is 1.50 bits per heavy atom. The molecule has 1 aromatic heterocycles. The first kappa shape index (κ1) is 17.9. The summed E-state index contributed by atoms with van der Waals surface area (Å²) in [7, 11) is 0. The molecule has 0 atom stereocenters. The maximum atomic E-state index is 13.1. The number of oxazole rings is 1. The van der Waals surface area contributed by atoms with Gasteiger partial charge in [0.1, 0.15) is 0 Å². The predicted molar refractivity (Wildman–Crippen MR) is 119 cm³/mol. The highest BCUT2D eigenvalue weighted by Gasteiger charge is 2.17. The Bertz CT molecular complexity index is 1330. The lowest BCUT2D eigenvalue weighted by atomic mass is 10.1. The molecule has 0 saturated heterocycles. The van der Waals surface area contributed by atoms with Gasteiger partial charge in [0.05, 0.1) is 11.8 Å². The summed E-state index contributed by atoms with van der Waals surface area (Å²) in [4.78, 5) is 17.6. The molecular formula is C26H18N2O2. The van der Waals surface area contributed by atoms with Crippen LogP contribution in [0.25, 0.3) is 33.6 Å². The van der Waals surface area contributed by atoms with Gasteiger partial charge in [0.2, 0.25) is 5.89 Å². The molecule has 30 heavy (non-hydrogen) atoms. The van der Waals surface area contributed by atoms with E-state index in [1.54, 1.807) is 12.3 Å². The third kappa shape index (κ3) is 3.35. The molecule has 4 aromatic carbocycles. The summed E-state index contributed by atoms with van der Waals surface area (Å²) in [5.41, 5.74) is 2.86. The van der Waals surface area contributed by atoms with Crippen LogP contribution in [0.1, 0.15) is 10.4 Å². The topological polar surface area (TPSA) is 55.1 Å². The molecule has 5 aromatic rings. The molecule has 1 N–H and O–H groups in total. The van der Waals surface area contributed by atoms with Crippen LogP contribution >= 0.6 is 0 Å². The number of hydrogen-bond donors (Lipinski definition) is 1. The Hall–Kier alpha value is -4.18. The number of carbonyl (C=O) groups excluding carboxylic acids is 1. The molecule has 0 radical (unpaired) electrons. The molecule has 0 aliphatic carbocycles. The smallest absolute Gasteiger partial charge is 0.256 e. The number of fused-ring (bicyclic) bond motifs is 1. The molecule has 0 spiro atoms. The van der Waals surface area contributed by atoms with Gasteiger partial charge in [0.15, 0.2) is 5.76 Å². The maximum Gasteiger partial charge on any atom is 0.256 e. The molecule has 0 saturated carbocycles. The Kier molecular flexibility index (Phi) is 4.58. The Morgan fingerprint density at radius 3 is 2.40 bits per heavy atom. The number of nitrogens with zero attached hydrogens (tertiary/aromatic N) is 1. The average Bonchev–Trinajstić information content (AvgIpc) is 3.30. The van der Waals surface area contributed by atoms with E-state index in [9.17, 15) is 4.79 Å². The predicted octanol–water partition coefficient (Wildman–Crippen LogP) is 6.41. The van der Waals surface area contributed by atoms with E-state index in [0.29, 0.717) is 22.8 Å².